The van der Waals surface area contributed by atoms with Crippen molar-refractivity contribution in [2.75, 3.05) is 6.61 Å². The smallest absolute Gasteiger partial charge is 0.330 e. The molecule has 2 heterocycles. The standard InChI is InChI=1S/C10H13N5O4.C3H4O4/c1-5-3-15(10(18)12-9(5)17)8-2-6(13-14-11)7(4-16)19-8;4-2(5)1-3(6)7/h3,6-8,16H,2,4H2,1H3,(H,12,17,18);1H2,(H,4,5)(H,6,7)/t6-,7+,8+;/m0./s1. The third-order valence-corrected chi connectivity index (χ3v) is 3.34. The number of carboxylic acid groups (broad SMARTS) is 2. The van der Waals surface area contributed by atoms with Crippen LogP contribution in [0.15, 0.2) is 20.9 Å². The van der Waals surface area contributed by atoms with Gasteiger partial charge < -0.3 is 20.1 Å². The van der Waals surface area contributed by atoms with Gasteiger partial charge in [-0.15, -0.1) is 0 Å². The minimum atomic E-state index is -1.31. The number of aliphatic hydroxyl groups excluding tert-OH is 1. The van der Waals surface area contributed by atoms with Gasteiger partial charge in [-0.2, -0.15) is 0 Å². The summed E-state index contributed by atoms with van der Waals surface area (Å²) in [5.74, 6) is -2.62. The quantitative estimate of drug-likeness (QED) is 0.225. The van der Waals surface area contributed by atoms with Gasteiger partial charge in [0, 0.05) is 23.1 Å². The SMILES string of the molecule is Cc1cn([C@H]2C[C@H](N=[N+]=[N-])[C@@H](CO)O2)c(=O)[nH]c1=O.O=C(O)CC(=O)O. The lowest BCUT2D eigenvalue weighted by molar-refractivity contribution is -0.147. The van der Waals surface area contributed by atoms with E-state index >= 15 is 0 Å². The normalized spacial score (nSPS) is 21.2. The number of aromatic amines is 1. The van der Waals surface area contributed by atoms with E-state index in [1.807, 2.05) is 0 Å². The number of carbonyl (C=O) groups is 2. The van der Waals surface area contributed by atoms with Crippen LogP contribution in [-0.4, -0.2) is 55.6 Å². The molecule has 4 N–H and O–H groups in total. The highest BCUT2D eigenvalue weighted by atomic mass is 16.5. The number of ether oxygens (including phenoxy) is 1. The molecule has 0 aromatic carbocycles. The van der Waals surface area contributed by atoms with E-state index in [0.29, 0.717) is 5.56 Å². The third-order valence-electron chi connectivity index (χ3n) is 3.34. The van der Waals surface area contributed by atoms with Crippen LogP contribution in [0.4, 0.5) is 0 Å². The van der Waals surface area contributed by atoms with E-state index < -0.39 is 48.0 Å². The molecule has 26 heavy (non-hydrogen) atoms. The van der Waals surface area contributed by atoms with Gasteiger partial charge >= 0.3 is 17.6 Å². The average molecular weight is 371 g/mol. The van der Waals surface area contributed by atoms with Crippen LogP contribution in [0.5, 0.6) is 0 Å². The molecule has 13 heteroatoms. The van der Waals surface area contributed by atoms with E-state index in [-0.39, 0.29) is 13.0 Å². The molecule has 0 saturated carbocycles. The fourth-order valence-corrected chi connectivity index (χ4v) is 2.17. The maximum atomic E-state index is 11.7. The summed E-state index contributed by atoms with van der Waals surface area (Å²) in [6.45, 7) is 1.26. The van der Waals surface area contributed by atoms with Crippen LogP contribution in [0.2, 0.25) is 0 Å². The van der Waals surface area contributed by atoms with Crippen molar-refractivity contribution in [2.24, 2.45) is 5.11 Å². The Morgan fingerprint density at radius 3 is 2.50 bits per heavy atom. The second-order valence-corrected chi connectivity index (χ2v) is 5.26. The first-order chi connectivity index (χ1) is 12.2. The van der Waals surface area contributed by atoms with Gasteiger partial charge in [-0.1, -0.05) is 5.11 Å². The molecule has 1 aromatic heterocycles. The lowest BCUT2D eigenvalue weighted by atomic mass is 10.1. The number of azide groups is 1. The molecule has 13 nitrogen and oxygen atoms in total. The van der Waals surface area contributed by atoms with Gasteiger partial charge in [0.1, 0.15) is 12.6 Å². The summed E-state index contributed by atoms with van der Waals surface area (Å²) in [5, 5.41) is 28.1. The molecule has 0 amide bonds. The Kier molecular flexibility index (Phi) is 7.52. The molecule has 0 bridgehead atoms. The number of aliphatic hydroxyl groups is 1. The molecule has 1 saturated heterocycles. The molecule has 3 atom stereocenters. The minimum absolute atomic E-state index is 0.265. The number of nitrogens with zero attached hydrogens (tertiary/aromatic N) is 4. The lowest BCUT2D eigenvalue weighted by Crippen LogP contribution is -2.33. The van der Waals surface area contributed by atoms with Crippen LogP contribution in [0.25, 0.3) is 10.4 Å². The van der Waals surface area contributed by atoms with E-state index in [2.05, 4.69) is 15.0 Å². The first kappa shape index (κ1) is 20.9. The molecule has 2 rings (SSSR count). The van der Waals surface area contributed by atoms with E-state index in [9.17, 15) is 19.2 Å². The van der Waals surface area contributed by atoms with Crippen LogP contribution >= 0.6 is 0 Å². The molecule has 0 radical (unpaired) electrons. The summed E-state index contributed by atoms with van der Waals surface area (Å²) in [7, 11) is 0. The summed E-state index contributed by atoms with van der Waals surface area (Å²) in [6.07, 6.45) is -0.477. The average Bonchev–Trinajstić information content (AvgIpc) is 2.93. The number of hydrogen-bond acceptors (Lipinski definition) is 7. The first-order valence-electron chi connectivity index (χ1n) is 7.25. The molecule has 1 fully saturated rings. The van der Waals surface area contributed by atoms with Crippen LogP contribution in [-0.2, 0) is 14.3 Å². The number of carboxylic acids is 2. The predicted octanol–water partition coefficient (Wildman–Crippen LogP) is -0.651. The second kappa shape index (κ2) is 9.36. The number of H-pyrrole nitrogens is 1. The number of aryl methyl sites for hydroxylation is 1. The maximum Gasteiger partial charge on any atom is 0.330 e. The first-order valence-corrected chi connectivity index (χ1v) is 7.25. The van der Waals surface area contributed by atoms with Crippen molar-refractivity contribution in [1.82, 2.24) is 9.55 Å². The third kappa shape index (κ3) is 5.73. The van der Waals surface area contributed by atoms with E-state index in [4.69, 9.17) is 25.6 Å². The molecule has 0 aliphatic carbocycles. The highest BCUT2D eigenvalue weighted by molar-refractivity contribution is 5.88. The molecule has 1 aliphatic heterocycles. The van der Waals surface area contributed by atoms with Crippen LogP contribution < -0.4 is 11.2 Å². The van der Waals surface area contributed by atoms with Crippen molar-refractivity contribution in [2.45, 2.75) is 38.1 Å². The molecule has 0 unspecified atom stereocenters. The fraction of sp³-hybridized carbons (Fsp3) is 0.538. The topological polar surface area (TPSA) is 208 Å². The van der Waals surface area contributed by atoms with Crippen LogP contribution in [0.3, 0.4) is 0 Å². The monoisotopic (exact) mass is 371 g/mol. The minimum Gasteiger partial charge on any atom is -0.481 e. The summed E-state index contributed by atoms with van der Waals surface area (Å²) < 4.78 is 6.69. The summed E-state index contributed by atoms with van der Waals surface area (Å²) in [6, 6.07) is -0.542. The van der Waals surface area contributed by atoms with E-state index in [1.165, 1.54) is 10.8 Å². The summed E-state index contributed by atoms with van der Waals surface area (Å²) in [4.78, 5) is 46.7. The zero-order chi connectivity index (χ0) is 19.9. The Hall–Kier alpha value is -3.15. The van der Waals surface area contributed by atoms with Gasteiger partial charge in [-0.3, -0.25) is 23.9 Å². The van der Waals surface area contributed by atoms with Gasteiger partial charge in [0.05, 0.1) is 18.8 Å². The van der Waals surface area contributed by atoms with Gasteiger partial charge in [-0.05, 0) is 12.5 Å². The van der Waals surface area contributed by atoms with Gasteiger partial charge in [-0.25, -0.2) is 4.79 Å². The largest absolute Gasteiger partial charge is 0.481 e. The molecular formula is C13H17N5O8. The molecule has 1 aromatic rings. The van der Waals surface area contributed by atoms with Crippen LogP contribution in [0, 0.1) is 6.92 Å². The lowest BCUT2D eigenvalue weighted by Gasteiger charge is -2.14. The number of rotatable bonds is 5. The number of hydrogen-bond donors (Lipinski definition) is 4. The summed E-state index contributed by atoms with van der Waals surface area (Å²) in [5.41, 5.74) is 7.76. The van der Waals surface area contributed by atoms with Crippen molar-refractivity contribution >= 4 is 11.9 Å². The van der Waals surface area contributed by atoms with Crippen molar-refractivity contribution in [1.29, 1.82) is 0 Å². The van der Waals surface area contributed by atoms with Crippen molar-refractivity contribution < 1.29 is 29.6 Å². The Bertz CT molecular complexity index is 813. The maximum absolute atomic E-state index is 11.7. The highest BCUT2D eigenvalue weighted by Crippen LogP contribution is 2.29. The Morgan fingerprint density at radius 1 is 1.42 bits per heavy atom. The second-order valence-electron chi connectivity index (χ2n) is 5.26. The number of aliphatic carboxylic acids is 2. The molecular weight excluding hydrogens is 354 g/mol. The van der Waals surface area contributed by atoms with Crippen molar-refractivity contribution in [3.63, 3.8) is 0 Å². The Morgan fingerprint density at radius 2 is 2.04 bits per heavy atom. The molecule has 142 valence electrons. The Labute approximate surface area is 145 Å². The van der Waals surface area contributed by atoms with E-state index in [1.54, 1.807) is 6.92 Å². The summed E-state index contributed by atoms with van der Waals surface area (Å²) >= 11 is 0. The van der Waals surface area contributed by atoms with Crippen molar-refractivity contribution in [3.8, 4) is 0 Å². The van der Waals surface area contributed by atoms with Crippen LogP contribution in [0.1, 0.15) is 24.6 Å². The zero-order valence-corrected chi connectivity index (χ0v) is 13.6. The fourth-order valence-electron chi connectivity index (χ4n) is 2.17. The Balaban J connectivity index is 0.000000412. The molecule has 1 aliphatic rings. The van der Waals surface area contributed by atoms with E-state index in [0.717, 1.165) is 0 Å². The van der Waals surface area contributed by atoms with Gasteiger partial charge in [0.15, 0.2) is 0 Å². The molecule has 0 spiro atoms. The van der Waals surface area contributed by atoms with Crippen molar-refractivity contribution in [3.05, 3.63) is 43.0 Å². The number of nitrogens with one attached hydrogen (secondary N) is 1. The predicted molar refractivity (Wildman–Crippen MR) is 84.5 cm³/mol. The van der Waals surface area contributed by atoms with Gasteiger partial charge in [0.2, 0.25) is 0 Å². The van der Waals surface area contributed by atoms with Gasteiger partial charge in [0.25, 0.3) is 5.56 Å². The number of aromatic nitrogens is 2. The zero-order valence-electron chi connectivity index (χ0n) is 13.6. The highest BCUT2D eigenvalue weighted by Gasteiger charge is 2.35.